The Bertz CT molecular complexity index is 286. The van der Waals surface area contributed by atoms with E-state index in [0.717, 1.165) is 10.9 Å². The van der Waals surface area contributed by atoms with Gasteiger partial charge in [0, 0.05) is 5.39 Å². The van der Waals surface area contributed by atoms with E-state index < -0.39 is 0 Å². The van der Waals surface area contributed by atoms with Gasteiger partial charge in [0.25, 0.3) is 0 Å². The zero-order valence-corrected chi connectivity index (χ0v) is 5.33. The molecule has 0 spiro atoms. The summed E-state index contributed by atoms with van der Waals surface area (Å²) in [4.78, 5) is 0. The molecular formula is C7H8N2O. The van der Waals surface area contributed by atoms with Crippen LogP contribution in [0.25, 0.3) is 10.9 Å². The normalized spacial score (nSPS) is 9.20. The minimum absolute atomic E-state index is 0. The number of hydrogen-bond acceptors (Lipinski definition) is 1. The molecule has 0 saturated carbocycles. The predicted molar refractivity (Wildman–Crippen MR) is 39.7 cm³/mol. The molecule has 1 aromatic carbocycles. The van der Waals surface area contributed by atoms with Crippen molar-refractivity contribution in [2.24, 2.45) is 0 Å². The lowest BCUT2D eigenvalue weighted by atomic mass is 10.3. The molecule has 0 aliphatic carbocycles. The van der Waals surface area contributed by atoms with Crippen LogP contribution in [0.4, 0.5) is 0 Å². The average molecular weight is 136 g/mol. The van der Waals surface area contributed by atoms with Crippen molar-refractivity contribution >= 4 is 10.9 Å². The summed E-state index contributed by atoms with van der Waals surface area (Å²) >= 11 is 0. The summed E-state index contributed by atoms with van der Waals surface area (Å²) in [6, 6.07) is 8.01. The van der Waals surface area contributed by atoms with Gasteiger partial charge in [-0.2, -0.15) is 5.10 Å². The van der Waals surface area contributed by atoms with E-state index >= 15 is 0 Å². The zero-order valence-electron chi connectivity index (χ0n) is 5.33. The molecule has 0 amide bonds. The molecule has 3 nitrogen and oxygen atoms in total. The van der Waals surface area contributed by atoms with Crippen molar-refractivity contribution in [1.29, 1.82) is 0 Å². The Morgan fingerprint density at radius 3 is 2.80 bits per heavy atom. The van der Waals surface area contributed by atoms with Crippen LogP contribution in [0.1, 0.15) is 0 Å². The summed E-state index contributed by atoms with van der Waals surface area (Å²) in [5.41, 5.74) is 1.09. The first-order valence-electron chi connectivity index (χ1n) is 2.85. The fourth-order valence-corrected chi connectivity index (χ4v) is 0.883. The molecule has 0 saturated heterocycles. The summed E-state index contributed by atoms with van der Waals surface area (Å²) in [5, 5.41) is 7.91. The fraction of sp³-hybridized carbons (Fsp3) is 0. The highest BCUT2D eigenvalue weighted by Crippen LogP contribution is 2.06. The number of hydrogen-bond donors (Lipinski definition) is 1. The first-order chi connectivity index (χ1) is 4.47. The van der Waals surface area contributed by atoms with Gasteiger partial charge in [0.1, 0.15) is 0 Å². The van der Waals surface area contributed by atoms with Crippen molar-refractivity contribution in [2.75, 3.05) is 0 Å². The van der Waals surface area contributed by atoms with E-state index in [-0.39, 0.29) is 5.48 Å². The largest absolute Gasteiger partial charge is 0.412 e. The number of benzene rings is 1. The van der Waals surface area contributed by atoms with E-state index in [4.69, 9.17) is 0 Å². The monoisotopic (exact) mass is 136 g/mol. The maximum absolute atomic E-state index is 3.88. The molecule has 3 N–H and O–H groups in total. The van der Waals surface area contributed by atoms with Crippen LogP contribution in [-0.4, -0.2) is 15.7 Å². The maximum atomic E-state index is 3.88. The van der Waals surface area contributed by atoms with Gasteiger partial charge in [-0.15, -0.1) is 0 Å². The predicted octanol–water partition coefficient (Wildman–Crippen LogP) is 0.738. The molecule has 2 aromatic rings. The van der Waals surface area contributed by atoms with Gasteiger partial charge < -0.3 is 5.48 Å². The second-order valence-electron chi connectivity index (χ2n) is 1.96. The molecule has 0 atom stereocenters. The summed E-state index contributed by atoms with van der Waals surface area (Å²) in [6.45, 7) is 0. The number of H-pyrrole nitrogens is 1. The van der Waals surface area contributed by atoms with Crippen molar-refractivity contribution < 1.29 is 5.48 Å². The second-order valence-corrected chi connectivity index (χ2v) is 1.96. The highest BCUT2D eigenvalue weighted by molar-refractivity contribution is 5.77. The van der Waals surface area contributed by atoms with Crippen LogP contribution < -0.4 is 0 Å². The average Bonchev–Trinajstić information content (AvgIpc) is 2.33. The minimum Gasteiger partial charge on any atom is -0.412 e. The zero-order chi connectivity index (χ0) is 6.10. The molecule has 0 aliphatic rings. The van der Waals surface area contributed by atoms with E-state index in [2.05, 4.69) is 10.2 Å². The molecule has 10 heavy (non-hydrogen) atoms. The number of aromatic amines is 1. The molecule has 2 rings (SSSR count). The minimum atomic E-state index is 0. The fourth-order valence-electron chi connectivity index (χ4n) is 0.883. The smallest absolute Gasteiger partial charge is 0.0650 e. The van der Waals surface area contributed by atoms with Gasteiger partial charge in [-0.05, 0) is 6.07 Å². The molecule has 0 fully saturated rings. The van der Waals surface area contributed by atoms with Gasteiger partial charge in [0.2, 0.25) is 0 Å². The third-order valence-electron chi connectivity index (χ3n) is 1.35. The Hall–Kier alpha value is -1.35. The van der Waals surface area contributed by atoms with E-state index in [1.807, 2.05) is 30.5 Å². The van der Waals surface area contributed by atoms with Gasteiger partial charge in [-0.25, -0.2) is 0 Å². The number of fused-ring (bicyclic) bond motifs is 1. The first kappa shape index (κ1) is 6.77. The quantitative estimate of drug-likeness (QED) is 0.570. The molecule has 1 heterocycles. The lowest BCUT2D eigenvalue weighted by Gasteiger charge is -1.81. The molecular weight excluding hydrogens is 128 g/mol. The van der Waals surface area contributed by atoms with E-state index in [1.165, 1.54) is 0 Å². The third-order valence-corrected chi connectivity index (χ3v) is 1.35. The topological polar surface area (TPSA) is 60.2 Å². The highest BCUT2D eigenvalue weighted by atomic mass is 16.0. The van der Waals surface area contributed by atoms with Gasteiger partial charge in [0.15, 0.2) is 0 Å². The Kier molecular flexibility index (Phi) is 1.69. The van der Waals surface area contributed by atoms with E-state index in [1.54, 1.807) is 0 Å². The SMILES string of the molecule is O.c1ccc2[nH]ncc2c1. The molecule has 0 unspecified atom stereocenters. The Morgan fingerprint density at radius 1 is 1.20 bits per heavy atom. The van der Waals surface area contributed by atoms with Crippen LogP contribution in [-0.2, 0) is 0 Å². The van der Waals surface area contributed by atoms with Crippen molar-refractivity contribution in [3.63, 3.8) is 0 Å². The van der Waals surface area contributed by atoms with Crippen LogP contribution in [0.5, 0.6) is 0 Å². The van der Waals surface area contributed by atoms with Crippen molar-refractivity contribution in [3.05, 3.63) is 30.5 Å². The number of aromatic nitrogens is 2. The van der Waals surface area contributed by atoms with Crippen molar-refractivity contribution in [1.82, 2.24) is 10.2 Å². The van der Waals surface area contributed by atoms with Crippen LogP contribution >= 0.6 is 0 Å². The van der Waals surface area contributed by atoms with Crippen LogP contribution in [0.3, 0.4) is 0 Å². The van der Waals surface area contributed by atoms with E-state index in [0.29, 0.717) is 0 Å². The highest BCUT2D eigenvalue weighted by Gasteiger charge is 1.88. The number of para-hydroxylation sites is 1. The third kappa shape index (κ3) is 0.867. The molecule has 0 aliphatic heterocycles. The maximum Gasteiger partial charge on any atom is 0.0650 e. The van der Waals surface area contributed by atoms with Crippen molar-refractivity contribution in [3.8, 4) is 0 Å². The molecule has 52 valence electrons. The van der Waals surface area contributed by atoms with Gasteiger partial charge >= 0.3 is 0 Å². The van der Waals surface area contributed by atoms with E-state index in [9.17, 15) is 0 Å². The molecule has 0 bridgehead atoms. The van der Waals surface area contributed by atoms with Crippen LogP contribution in [0.2, 0.25) is 0 Å². The van der Waals surface area contributed by atoms with Crippen LogP contribution in [0.15, 0.2) is 30.5 Å². The number of nitrogens with one attached hydrogen (secondary N) is 1. The second kappa shape index (κ2) is 2.49. The Labute approximate surface area is 58.0 Å². The summed E-state index contributed by atoms with van der Waals surface area (Å²) < 4.78 is 0. The summed E-state index contributed by atoms with van der Waals surface area (Å²) in [5.74, 6) is 0. The summed E-state index contributed by atoms with van der Waals surface area (Å²) in [6.07, 6.45) is 1.81. The molecule has 0 radical (unpaired) electrons. The Morgan fingerprint density at radius 2 is 2.00 bits per heavy atom. The Balaban J connectivity index is 0.000000500. The van der Waals surface area contributed by atoms with Gasteiger partial charge in [0.05, 0.1) is 11.7 Å². The van der Waals surface area contributed by atoms with Gasteiger partial charge in [-0.1, -0.05) is 18.2 Å². The lowest BCUT2D eigenvalue weighted by Crippen LogP contribution is -1.63. The molecule has 3 heteroatoms. The van der Waals surface area contributed by atoms with Crippen LogP contribution in [0, 0.1) is 0 Å². The lowest BCUT2D eigenvalue weighted by molar-refractivity contribution is 0.824. The van der Waals surface area contributed by atoms with Gasteiger partial charge in [-0.3, -0.25) is 5.10 Å². The summed E-state index contributed by atoms with van der Waals surface area (Å²) in [7, 11) is 0. The first-order valence-corrected chi connectivity index (χ1v) is 2.85. The van der Waals surface area contributed by atoms with Crippen molar-refractivity contribution in [2.45, 2.75) is 0 Å². The number of rotatable bonds is 0. The number of nitrogens with zero attached hydrogens (tertiary/aromatic N) is 1. The standard InChI is InChI=1S/C7H6N2.H2O/c1-2-4-7-6(3-1)5-8-9-7;/h1-5H,(H,8,9);1H2. The molecule has 1 aromatic heterocycles.